The van der Waals surface area contributed by atoms with E-state index in [-0.39, 0.29) is 18.5 Å². The fourth-order valence-electron chi connectivity index (χ4n) is 2.70. The minimum Gasteiger partial charge on any atom is -0.455 e. The molecule has 1 heterocycles. The van der Waals surface area contributed by atoms with Crippen LogP contribution in [-0.4, -0.2) is 37.7 Å². The summed E-state index contributed by atoms with van der Waals surface area (Å²) in [6.45, 7) is 2.73. The Labute approximate surface area is 143 Å². The van der Waals surface area contributed by atoms with Gasteiger partial charge < -0.3 is 20.1 Å². The second kappa shape index (κ2) is 8.20. The fraction of sp³-hybridized carbons (Fsp3) is 0.333. The normalized spacial score (nSPS) is 18.2. The largest absolute Gasteiger partial charge is 0.455 e. The molecule has 0 aromatic heterocycles. The third-order valence-corrected chi connectivity index (χ3v) is 3.90. The molecule has 3 rings (SSSR count). The monoisotopic (exact) mass is 334 g/mol. The molecule has 1 saturated heterocycles. The van der Waals surface area contributed by atoms with Gasteiger partial charge in [-0.05, 0) is 30.8 Å². The van der Waals surface area contributed by atoms with Crippen LogP contribution in [0.15, 0.2) is 48.5 Å². The maximum atomic E-state index is 6.01. The Bertz CT molecular complexity index is 636. The molecule has 0 saturated carbocycles. The van der Waals surface area contributed by atoms with E-state index in [4.69, 9.17) is 15.2 Å². The molecule has 0 aliphatic carbocycles. The van der Waals surface area contributed by atoms with E-state index >= 15 is 0 Å². The van der Waals surface area contributed by atoms with Crippen LogP contribution in [0, 0.1) is 0 Å². The number of hydrogen-bond acceptors (Lipinski definition) is 4. The lowest BCUT2D eigenvalue weighted by molar-refractivity contribution is -0.0187. The van der Waals surface area contributed by atoms with Crippen LogP contribution >= 0.6 is 12.4 Å². The third-order valence-electron chi connectivity index (χ3n) is 3.90. The second-order valence-corrected chi connectivity index (χ2v) is 5.71. The van der Waals surface area contributed by atoms with Gasteiger partial charge in [-0.15, -0.1) is 12.4 Å². The van der Waals surface area contributed by atoms with E-state index < -0.39 is 0 Å². The Hall–Kier alpha value is -1.75. The summed E-state index contributed by atoms with van der Waals surface area (Å²) in [5.41, 5.74) is 7.75. The van der Waals surface area contributed by atoms with Crippen molar-refractivity contribution in [2.24, 2.45) is 0 Å². The van der Waals surface area contributed by atoms with Gasteiger partial charge in [-0.3, -0.25) is 0 Å². The lowest BCUT2D eigenvalue weighted by atomic mass is 10.1. The lowest BCUT2D eigenvalue weighted by Crippen LogP contribution is -2.40. The summed E-state index contributed by atoms with van der Waals surface area (Å²) in [5.74, 6) is 1.54. The second-order valence-electron chi connectivity index (χ2n) is 5.71. The predicted molar refractivity (Wildman–Crippen MR) is 95.6 cm³/mol. The Morgan fingerprint density at radius 2 is 1.83 bits per heavy atom. The molecule has 2 aromatic carbocycles. The van der Waals surface area contributed by atoms with Crippen molar-refractivity contribution in [3.05, 3.63) is 54.1 Å². The smallest absolute Gasteiger partial charge is 0.150 e. The van der Waals surface area contributed by atoms with E-state index in [1.807, 2.05) is 42.5 Å². The number of morpholine rings is 1. The predicted octanol–water partition coefficient (Wildman–Crippen LogP) is 3.36. The molecule has 1 fully saturated rings. The standard InChI is InChI=1S/C18H22N2O2.ClH/c1-20-10-11-21-15(13-20)12-14-6-2-4-8-17(14)22-18-9-5-3-7-16(18)19;/h2-9,15H,10-13,19H2,1H3;1H. The van der Waals surface area contributed by atoms with Crippen molar-refractivity contribution in [2.75, 3.05) is 32.5 Å². The van der Waals surface area contributed by atoms with Crippen LogP contribution in [0.3, 0.4) is 0 Å². The Kier molecular flexibility index (Phi) is 6.28. The number of para-hydroxylation sites is 3. The molecular weight excluding hydrogens is 312 g/mol. The van der Waals surface area contributed by atoms with Gasteiger partial charge in [0.1, 0.15) is 11.5 Å². The van der Waals surface area contributed by atoms with Crippen molar-refractivity contribution in [3.63, 3.8) is 0 Å². The maximum Gasteiger partial charge on any atom is 0.150 e. The van der Waals surface area contributed by atoms with E-state index in [9.17, 15) is 0 Å². The summed E-state index contributed by atoms with van der Waals surface area (Å²) >= 11 is 0. The van der Waals surface area contributed by atoms with E-state index in [0.29, 0.717) is 11.4 Å². The Morgan fingerprint density at radius 1 is 1.13 bits per heavy atom. The number of anilines is 1. The minimum atomic E-state index is 0. The van der Waals surface area contributed by atoms with Crippen molar-refractivity contribution >= 4 is 18.1 Å². The van der Waals surface area contributed by atoms with Crippen molar-refractivity contribution in [2.45, 2.75) is 12.5 Å². The van der Waals surface area contributed by atoms with Crippen LogP contribution in [0.4, 0.5) is 5.69 Å². The molecule has 1 aliphatic rings. The lowest BCUT2D eigenvalue weighted by Gasteiger charge is -2.30. The molecule has 1 unspecified atom stereocenters. The summed E-state index contributed by atoms with van der Waals surface area (Å²) in [5, 5.41) is 0. The zero-order chi connectivity index (χ0) is 15.4. The Morgan fingerprint density at radius 3 is 2.57 bits per heavy atom. The molecule has 5 heteroatoms. The average molecular weight is 335 g/mol. The SMILES string of the molecule is CN1CCOC(Cc2ccccc2Oc2ccccc2N)C1.Cl. The highest BCUT2D eigenvalue weighted by Gasteiger charge is 2.19. The van der Waals surface area contributed by atoms with Gasteiger partial charge in [-0.25, -0.2) is 0 Å². The molecule has 1 aliphatic heterocycles. The summed E-state index contributed by atoms with van der Waals surface area (Å²) in [4.78, 5) is 2.30. The highest BCUT2D eigenvalue weighted by atomic mass is 35.5. The average Bonchev–Trinajstić information content (AvgIpc) is 2.51. The molecule has 1 atom stereocenters. The molecule has 0 bridgehead atoms. The van der Waals surface area contributed by atoms with Gasteiger partial charge >= 0.3 is 0 Å². The zero-order valence-corrected chi connectivity index (χ0v) is 14.1. The zero-order valence-electron chi connectivity index (χ0n) is 13.3. The van der Waals surface area contributed by atoms with Crippen molar-refractivity contribution in [1.82, 2.24) is 4.90 Å². The van der Waals surface area contributed by atoms with Gasteiger partial charge in [0.05, 0.1) is 18.4 Å². The quantitative estimate of drug-likeness (QED) is 0.871. The molecule has 2 N–H and O–H groups in total. The van der Waals surface area contributed by atoms with Crippen molar-refractivity contribution in [1.29, 1.82) is 0 Å². The molecule has 0 spiro atoms. The van der Waals surface area contributed by atoms with Crippen molar-refractivity contribution in [3.8, 4) is 11.5 Å². The maximum absolute atomic E-state index is 6.01. The van der Waals surface area contributed by atoms with E-state index in [0.717, 1.165) is 37.4 Å². The summed E-state index contributed by atoms with van der Waals surface area (Å²) in [7, 11) is 2.13. The summed E-state index contributed by atoms with van der Waals surface area (Å²) < 4.78 is 11.9. The first-order chi connectivity index (χ1) is 10.7. The van der Waals surface area contributed by atoms with Gasteiger partial charge in [-0.1, -0.05) is 30.3 Å². The van der Waals surface area contributed by atoms with Gasteiger partial charge in [0, 0.05) is 19.5 Å². The number of ether oxygens (including phenoxy) is 2. The topological polar surface area (TPSA) is 47.7 Å². The highest BCUT2D eigenvalue weighted by molar-refractivity contribution is 5.85. The first-order valence-corrected chi connectivity index (χ1v) is 7.63. The highest BCUT2D eigenvalue weighted by Crippen LogP contribution is 2.30. The minimum absolute atomic E-state index is 0. The van der Waals surface area contributed by atoms with E-state index in [1.165, 1.54) is 0 Å². The molecule has 0 radical (unpaired) electrons. The number of nitrogen functional groups attached to an aromatic ring is 1. The van der Waals surface area contributed by atoms with Gasteiger partial charge in [-0.2, -0.15) is 0 Å². The summed E-state index contributed by atoms with van der Waals surface area (Å²) in [6, 6.07) is 15.6. The first kappa shape index (κ1) is 17.6. The van der Waals surface area contributed by atoms with E-state index in [2.05, 4.69) is 18.0 Å². The third kappa shape index (κ3) is 4.61. The molecule has 23 heavy (non-hydrogen) atoms. The Balaban J connectivity index is 0.00000192. The summed E-state index contributed by atoms with van der Waals surface area (Å²) in [6.07, 6.45) is 1.05. The van der Waals surface area contributed by atoms with Crippen LogP contribution in [-0.2, 0) is 11.2 Å². The molecule has 0 amide bonds. The van der Waals surface area contributed by atoms with Crippen LogP contribution in [0.1, 0.15) is 5.56 Å². The fourth-order valence-corrected chi connectivity index (χ4v) is 2.70. The van der Waals surface area contributed by atoms with Crippen LogP contribution in [0.2, 0.25) is 0 Å². The number of nitrogens with zero attached hydrogens (tertiary/aromatic N) is 1. The first-order valence-electron chi connectivity index (χ1n) is 7.63. The molecule has 2 aromatic rings. The molecular formula is C18H23ClN2O2. The number of halogens is 1. The van der Waals surface area contributed by atoms with Gasteiger partial charge in [0.25, 0.3) is 0 Å². The number of nitrogens with two attached hydrogens (primary N) is 1. The van der Waals surface area contributed by atoms with Crippen LogP contribution < -0.4 is 10.5 Å². The number of benzene rings is 2. The number of rotatable bonds is 4. The van der Waals surface area contributed by atoms with Crippen LogP contribution in [0.5, 0.6) is 11.5 Å². The number of likely N-dealkylation sites (N-methyl/N-ethyl adjacent to an activating group) is 1. The van der Waals surface area contributed by atoms with Gasteiger partial charge in [0.15, 0.2) is 0 Å². The van der Waals surface area contributed by atoms with E-state index in [1.54, 1.807) is 0 Å². The van der Waals surface area contributed by atoms with Crippen LogP contribution in [0.25, 0.3) is 0 Å². The van der Waals surface area contributed by atoms with Crippen molar-refractivity contribution < 1.29 is 9.47 Å². The number of hydrogen-bond donors (Lipinski definition) is 1. The molecule has 4 nitrogen and oxygen atoms in total. The molecule has 124 valence electrons. The van der Waals surface area contributed by atoms with Gasteiger partial charge in [0.2, 0.25) is 0 Å².